The zero-order chi connectivity index (χ0) is 28.0. The van der Waals surface area contributed by atoms with Crippen LogP contribution in [0.4, 0.5) is 0 Å². The Kier molecular flexibility index (Phi) is 5.90. The van der Waals surface area contributed by atoms with Gasteiger partial charge in [0.2, 0.25) is 0 Å². The molecule has 198 valence electrons. The lowest BCUT2D eigenvalue weighted by Gasteiger charge is -2.11. The standard InChI is InChI=1S/C37H22BrN3O/c38-34-28-12-5-4-9-23(28)21-22-30(34)37-40-35(25-10-2-1-3-11-25)39-36(41-37)26-19-17-24(18-20-26)27-14-8-16-32-33(27)29-13-6-7-15-31(29)42-32/h1-22H. The van der Waals surface area contributed by atoms with Crippen molar-refractivity contribution in [2.45, 2.75) is 0 Å². The van der Waals surface area contributed by atoms with Crippen molar-refractivity contribution in [3.63, 3.8) is 0 Å². The minimum Gasteiger partial charge on any atom is -0.456 e. The van der Waals surface area contributed by atoms with Crippen LogP contribution in [0.25, 0.3) is 78.0 Å². The van der Waals surface area contributed by atoms with Crippen molar-refractivity contribution in [2.24, 2.45) is 0 Å². The van der Waals surface area contributed by atoms with E-state index in [0.717, 1.165) is 65.0 Å². The van der Waals surface area contributed by atoms with E-state index in [1.165, 1.54) is 0 Å². The highest BCUT2D eigenvalue weighted by Gasteiger charge is 2.16. The van der Waals surface area contributed by atoms with Gasteiger partial charge in [0, 0.05) is 31.9 Å². The van der Waals surface area contributed by atoms with Crippen LogP contribution in [0.2, 0.25) is 0 Å². The van der Waals surface area contributed by atoms with E-state index < -0.39 is 0 Å². The summed E-state index contributed by atoms with van der Waals surface area (Å²) >= 11 is 3.84. The van der Waals surface area contributed by atoms with Gasteiger partial charge in [0.25, 0.3) is 0 Å². The van der Waals surface area contributed by atoms with Crippen LogP contribution in [-0.2, 0) is 0 Å². The molecule has 6 aromatic carbocycles. The molecule has 4 nitrogen and oxygen atoms in total. The van der Waals surface area contributed by atoms with Crippen LogP contribution in [0.15, 0.2) is 142 Å². The Morgan fingerprint density at radius 3 is 1.86 bits per heavy atom. The molecule has 0 bridgehead atoms. The summed E-state index contributed by atoms with van der Waals surface area (Å²) in [5.41, 5.74) is 6.78. The molecule has 0 saturated carbocycles. The molecule has 2 heterocycles. The third kappa shape index (κ3) is 4.18. The molecule has 0 aliphatic heterocycles. The highest BCUT2D eigenvalue weighted by Crippen LogP contribution is 2.38. The Labute approximate surface area is 250 Å². The molecule has 0 unspecified atom stereocenters. The highest BCUT2D eigenvalue weighted by molar-refractivity contribution is 9.10. The zero-order valence-electron chi connectivity index (χ0n) is 22.3. The molecule has 0 radical (unpaired) electrons. The second-order valence-corrected chi connectivity index (χ2v) is 11.0. The summed E-state index contributed by atoms with van der Waals surface area (Å²) in [5.74, 6) is 1.88. The molecular weight excluding hydrogens is 582 g/mol. The molecule has 0 amide bonds. The molecule has 0 N–H and O–H groups in total. The first-order chi connectivity index (χ1) is 20.7. The highest BCUT2D eigenvalue weighted by atomic mass is 79.9. The number of furan rings is 1. The van der Waals surface area contributed by atoms with Crippen LogP contribution < -0.4 is 0 Å². The first-order valence-electron chi connectivity index (χ1n) is 13.7. The van der Waals surface area contributed by atoms with Crippen LogP contribution in [0.5, 0.6) is 0 Å². The maximum absolute atomic E-state index is 6.12. The number of para-hydroxylation sites is 1. The molecule has 0 saturated heterocycles. The number of nitrogens with zero attached hydrogens (tertiary/aromatic N) is 3. The molecular formula is C37H22BrN3O. The van der Waals surface area contributed by atoms with Crippen LogP contribution >= 0.6 is 15.9 Å². The van der Waals surface area contributed by atoms with Gasteiger partial charge < -0.3 is 4.42 Å². The molecule has 0 atom stereocenters. The monoisotopic (exact) mass is 603 g/mol. The lowest BCUT2D eigenvalue weighted by molar-refractivity contribution is 0.669. The van der Waals surface area contributed by atoms with E-state index in [0.29, 0.717) is 17.5 Å². The smallest absolute Gasteiger partial charge is 0.165 e. The van der Waals surface area contributed by atoms with Crippen molar-refractivity contribution < 1.29 is 4.42 Å². The minimum atomic E-state index is 0.621. The van der Waals surface area contributed by atoms with Gasteiger partial charge in [-0.2, -0.15) is 0 Å². The van der Waals surface area contributed by atoms with Crippen molar-refractivity contribution in [1.29, 1.82) is 0 Å². The molecule has 8 rings (SSSR count). The van der Waals surface area contributed by atoms with Gasteiger partial charge in [-0.15, -0.1) is 0 Å². The number of aromatic nitrogens is 3. The maximum Gasteiger partial charge on any atom is 0.165 e. The Bertz CT molecular complexity index is 2260. The second-order valence-electron chi connectivity index (χ2n) is 10.2. The zero-order valence-corrected chi connectivity index (χ0v) is 23.9. The fourth-order valence-corrected chi connectivity index (χ4v) is 6.23. The Hall–Kier alpha value is -5.13. The topological polar surface area (TPSA) is 51.8 Å². The van der Waals surface area contributed by atoms with Gasteiger partial charge in [-0.25, -0.2) is 15.0 Å². The molecule has 2 aromatic heterocycles. The normalized spacial score (nSPS) is 11.5. The molecule has 0 aliphatic carbocycles. The van der Waals surface area contributed by atoms with Crippen molar-refractivity contribution in [3.8, 4) is 45.3 Å². The maximum atomic E-state index is 6.12. The molecule has 42 heavy (non-hydrogen) atoms. The fraction of sp³-hybridized carbons (Fsp3) is 0. The quantitative estimate of drug-likeness (QED) is 0.201. The average Bonchev–Trinajstić information content (AvgIpc) is 3.44. The largest absolute Gasteiger partial charge is 0.456 e. The van der Waals surface area contributed by atoms with Gasteiger partial charge in [0.05, 0.1) is 0 Å². The van der Waals surface area contributed by atoms with E-state index in [9.17, 15) is 0 Å². The summed E-state index contributed by atoms with van der Waals surface area (Å²) in [6.45, 7) is 0. The number of rotatable bonds is 4. The molecule has 0 spiro atoms. The van der Waals surface area contributed by atoms with Crippen molar-refractivity contribution in [2.75, 3.05) is 0 Å². The average molecular weight is 605 g/mol. The molecule has 0 aliphatic rings. The second kappa shape index (κ2) is 10.1. The number of hydrogen-bond acceptors (Lipinski definition) is 4. The van der Waals surface area contributed by atoms with Gasteiger partial charge in [-0.1, -0.05) is 115 Å². The van der Waals surface area contributed by atoms with Crippen LogP contribution in [0, 0.1) is 0 Å². The Balaban J connectivity index is 1.27. The summed E-state index contributed by atoms with van der Waals surface area (Å²) in [6, 6.07) is 45.3. The first-order valence-corrected chi connectivity index (χ1v) is 14.5. The SMILES string of the molecule is Brc1c(-c2nc(-c3ccccc3)nc(-c3ccc(-c4cccc5oc6ccccc6c45)cc3)n2)ccc2ccccc12. The van der Waals surface area contributed by atoms with Crippen LogP contribution in [0.1, 0.15) is 0 Å². The number of halogens is 1. The van der Waals surface area contributed by atoms with Crippen molar-refractivity contribution in [1.82, 2.24) is 15.0 Å². The fourth-order valence-electron chi connectivity index (χ4n) is 5.56. The lowest BCUT2D eigenvalue weighted by atomic mass is 9.98. The van der Waals surface area contributed by atoms with Crippen LogP contribution in [-0.4, -0.2) is 15.0 Å². The Morgan fingerprint density at radius 2 is 1.05 bits per heavy atom. The van der Waals surface area contributed by atoms with Crippen LogP contribution in [0.3, 0.4) is 0 Å². The minimum absolute atomic E-state index is 0.621. The van der Waals surface area contributed by atoms with Crippen molar-refractivity contribution >= 4 is 48.6 Å². The molecule has 8 aromatic rings. The van der Waals surface area contributed by atoms with E-state index in [2.05, 4.69) is 76.6 Å². The molecule has 5 heteroatoms. The summed E-state index contributed by atoms with van der Waals surface area (Å²) in [7, 11) is 0. The van der Waals surface area contributed by atoms with Gasteiger partial charge in [-0.05, 0) is 56.0 Å². The predicted octanol–water partition coefficient (Wildman–Crippen LogP) is 10.4. The summed E-state index contributed by atoms with van der Waals surface area (Å²) in [5, 5.41) is 4.50. The van der Waals surface area contributed by atoms with E-state index in [1.807, 2.05) is 72.8 Å². The summed E-state index contributed by atoms with van der Waals surface area (Å²) < 4.78 is 7.09. The van der Waals surface area contributed by atoms with Gasteiger partial charge in [-0.3, -0.25) is 0 Å². The first kappa shape index (κ1) is 24.6. The summed E-state index contributed by atoms with van der Waals surface area (Å²) in [4.78, 5) is 14.8. The van der Waals surface area contributed by atoms with Crippen molar-refractivity contribution in [3.05, 3.63) is 138 Å². The van der Waals surface area contributed by atoms with E-state index >= 15 is 0 Å². The third-order valence-electron chi connectivity index (χ3n) is 7.63. The Morgan fingerprint density at radius 1 is 0.429 bits per heavy atom. The van der Waals surface area contributed by atoms with Gasteiger partial charge in [0.1, 0.15) is 11.2 Å². The number of fused-ring (bicyclic) bond motifs is 4. The molecule has 0 fully saturated rings. The van der Waals surface area contributed by atoms with E-state index in [4.69, 9.17) is 19.4 Å². The van der Waals surface area contributed by atoms with Gasteiger partial charge in [0.15, 0.2) is 17.5 Å². The number of benzene rings is 6. The number of hydrogen-bond donors (Lipinski definition) is 0. The third-order valence-corrected chi connectivity index (χ3v) is 8.48. The van der Waals surface area contributed by atoms with E-state index in [-0.39, 0.29) is 0 Å². The predicted molar refractivity (Wildman–Crippen MR) is 174 cm³/mol. The lowest BCUT2D eigenvalue weighted by Crippen LogP contribution is -2.00. The van der Waals surface area contributed by atoms with Gasteiger partial charge >= 0.3 is 0 Å². The van der Waals surface area contributed by atoms with E-state index in [1.54, 1.807) is 0 Å². The summed E-state index contributed by atoms with van der Waals surface area (Å²) in [6.07, 6.45) is 0.